The van der Waals surface area contributed by atoms with Crippen molar-refractivity contribution in [3.8, 4) is 0 Å². The number of hydrogen-bond donors (Lipinski definition) is 0. The third-order valence-electron chi connectivity index (χ3n) is 5.24. The lowest BCUT2D eigenvalue weighted by Crippen LogP contribution is -2.47. The molecule has 1 aromatic heterocycles. The van der Waals surface area contributed by atoms with E-state index in [0.717, 1.165) is 11.8 Å². The molecule has 1 aliphatic carbocycles. The lowest BCUT2D eigenvalue weighted by Gasteiger charge is -2.44. The molecule has 19 heavy (non-hydrogen) atoms. The minimum Gasteiger partial charge on any atom is -0.350 e. The predicted octanol–water partition coefficient (Wildman–Crippen LogP) is 3.16. The van der Waals surface area contributed by atoms with Gasteiger partial charge in [-0.15, -0.1) is 0 Å². The van der Waals surface area contributed by atoms with Gasteiger partial charge in [0.25, 0.3) is 0 Å². The van der Waals surface area contributed by atoms with Gasteiger partial charge in [0.15, 0.2) is 0 Å². The Kier molecular flexibility index (Phi) is 2.34. The molecule has 2 nitrogen and oxygen atoms in total. The second-order valence-electron chi connectivity index (χ2n) is 6.67. The van der Waals surface area contributed by atoms with Gasteiger partial charge in [0.1, 0.15) is 0 Å². The number of likely N-dealkylation sites (tertiary alicyclic amines) is 1. The van der Waals surface area contributed by atoms with Crippen molar-refractivity contribution in [3.05, 3.63) is 35.5 Å². The van der Waals surface area contributed by atoms with Crippen LogP contribution in [0.5, 0.6) is 0 Å². The normalized spacial score (nSPS) is 30.6. The van der Waals surface area contributed by atoms with E-state index >= 15 is 0 Å². The zero-order valence-electron chi connectivity index (χ0n) is 12.1. The Balaban J connectivity index is 1.94. The number of piperidine rings is 1. The van der Waals surface area contributed by atoms with Gasteiger partial charge in [-0.05, 0) is 43.0 Å². The van der Waals surface area contributed by atoms with E-state index in [1.807, 2.05) is 0 Å². The number of nitrogens with zero attached hydrogens (tertiary/aromatic N) is 2. The molecule has 1 aromatic carbocycles. The zero-order valence-corrected chi connectivity index (χ0v) is 12.1. The van der Waals surface area contributed by atoms with Crippen molar-refractivity contribution in [2.24, 2.45) is 13.0 Å². The van der Waals surface area contributed by atoms with Gasteiger partial charge in [0.2, 0.25) is 0 Å². The first kappa shape index (κ1) is 11.5. The molecule has 2 aromatic rings. The van der Waals surface area contributed by atoms with Gasteiger partial charge in [0, 0.05) is 42.7 Å². The average molecular weight is 254 g/mol. The maximum absolute atomic E-state index is 2.59. The number of aromatic nitrogens is 1. The first-order chi connectivity index (χ1) is 9.15. The van der Waals surface area contributed by atoms with Crippen molar-refractivity contribution in [3.63, 3.8) is 0 Å². The number of fused-ring (bicyclic) bond motifs is 2. The van der Waals surface area contributed by atoms with Crippen LogP contribution in [0.2, 0.25) is 0 Å². The van der Waals surface area contributed by atoms with Gasteiger partial charge in [-0.1, -0.05) is 19.1 Å². The van der Waals surface area contributed by atoms with Gasteiger partial charge >= 0.3 is 0 Å². The number of aryl methyl sites for hydroxylation is 1. The fourth-order valence-electron chi connectivity index (χ4n) is 4.49. The Morgan fingerprint density at radius 1 is 1.21 bits per heavy atom. The van der Waals surface area contributed by atoms with Gasteiger partial charge in [0.05, 0.1) is 0 Å². The fourth-order valence-corrected chi connectivity index (χ4v) is 4.49. The molecule has 1 fully saturated rings. The van der Waals surface area contributed by atoms with Gasteiger partial charge in [-0.3, -0.25) is 0 Å². The molecule has 4 rings (SSSR count). The molecule has 3 atom stereocenters. The molecule has 1 aliphatic heterocycles. The maximum Gasteiger partial charge on any atom is 0.0483 e. The van der Waals surface area contributed by atoms with Crippen molar-refractivity contribution < 1.29 is 0 Å². The van der Waals surface area contributed by atoms with E-state index in [1.54, 1.807) is 16.5 Å². The van der Waals surface area contributed by atoms with E-state index < -0.39 is 0 Å². The first-order valence-corrected chi connectivity index (χ1v) is 7.42. The molecule has 1 saturated heterocycles. The summed E-state index contributed by atoms with van der Waals surface area (Å²) in [5, 5.41) is 1.55. The van der Waals surface area contributed by atoms with Crippen LogP contribution in [0.1, 0.15) is 30.4 Å². The third-order valence-corrected chi connectivity index (χ3v) is 5.24. The molecular formula is C17H22N2. The summed E-state index contributed by atoms with van der Waals surface area (Å²) < 4.78 is 2.30. The van der Waals surface area contributed by atoms with Gasteiger partial charge in [-0.2, -0.15) is 0 Å². The van der Waals surface area contributed by atoms with Crippen LogP contribution < -0.4 is 0 Å². The summed E-state index contributed by atoms with van der Waals surface area (Å²) >= 11 is 0. The molecular weight excluding hydrogens is 232 g/mol. The van der Waals surface area contributed by atoms with Crippen molar-refractivity contribution in [2.45, 2.75) is 31.7 Å². The fraction of sp³-hybridized carbons (Fsp3) is 0.529. The van der Waals surface area contributed by atoms with Crippen LogP contribution in [0.15, 0.2) is 24.4 Å². The second-order valence-corrected chi connectivity index (χ2v) is 6.67. The average Bonchev–Trinajstić information content (AvgIpc) is 2.70. The number of rotatable bonds is 0. The zero-order chi connectivity index (χ0) is 13.1. The Labute approximate surface area is 115 Å². The SMILES string of the molecule is C[C@H]1C[C@@H]2c3cccc4c3c(cn4C)C[C@@H]2N(C)C1. The van der Waals surface area contributed by atoms with E-state index in [0.29, 0.717) is 6.04 Å². The van der Waals surface area contributed by atoms with E-state index in [-0.39, 0.29) is 0 Å². The Morgan fingerprint density at radius 2 is 2.05 bits per heavy atom. The van der Waals surface area contributed by atoms with Crippen molar-refractivity contribution in [2.75, 3.05) is 13.6 Å². The number of benzene rings is 1. The highest BCUT2D eigenvalue weighted by Gasteiger charge is 2.38. The predicted molar refractivity (Wildman–Crippen MR) is 79.6 cm³/mol. The molecule has 100 valence electrons. The van der Waals surface area contributed by atoms with Crippen LogP contribution in [0.3, 0.4) is 0 Å². The van der Waals surface area contributed by atoms with Crippen molar-refractivity contribution in [1.29, 1.82) is 0 Å². The number of likely N-dealkylation sites (N-methyl/N-ethyl adjacent to an activating group) is 1. The van der Waals surface area contributed by atoms with Crippen LogP contribution in [0.4, 0.5) is 0 Å². The summed E-state index contributed by atoms with van der Waals surface area (Å²) in [6, 6.07) is 7.58. The molecule has 0 bridgehead atoms. The summed E-state index contributed by atoms with van der Waals surface area (Å²) in [4.78, 5) is 2.59. The monoisotopic (exact) mass is 254 g/mol. The summed E-state index contributed by atoms with van der Waals surface area (Å²) in [5.41, 5.74) is 4.56. The summed E-state index contributed by atoms with van der Waals surface area (Å²) in [6.07, 6.45) is 4.92. The Morgan fingerprint density at radius 3 is 2.89 bits per heavy atom. The summed E-state index contributed by atoms with van der Waals surface area (Å²) in [7, 11) is 4.48. The first-order valence-electron chi connectivity index (χ1n) is 7.42. The Hall–Kier alpha value is -1.28. The van der Waals surface area contributed by atoms with Gasteiger partial charge in [-0.25, -0.2) is 0 Å². The molecule has 0 spiro atoms. The molecule has 0 radical (unpaired) electrons. The smallest absolute Gasteiger partial charge is 0.0483 e. The quantitative estimate of drug-likeness (QED) is 0.701. The van der Waals surface area contributed by atoms with Crippen LogP contribution >= 0.6 is 0 Å². The van der Waals surface area contributed by atoms with Crippen LogP contribution in [0.25, 0.3) is 10.9 Å². The summed E-state index contributed by atoms with van der Waals surface area (Å²) in [6.45, 7) is 3.65. The van der Waals surface area contributed by atoms with Crippen LogP contribution in [0, 0.1) is 5.92 Å². The minimum absolute atomic E-state index is 0.705. The number of hydrogen-bond acceptors (Lipinski definition) is 1. The van der Waals surface area contributed by atoms with E-state index in [1.165, 1.54) is 24.9 Å². The highest BCUT2D eigenvalue weighted by molar-refractivity contribution is 5.89. The second kappa shape index (κ2) is 3.86. The standard InChI is InChI=1S/C17H22N2/c1-11-7-14-13-5-4-6-15-17(13)12(10-19(15)3)8-16(14)18(2)9-11/h4-6,10-11,14,16H,7-9H2,1-3H3/t11-,14+,16-/m0/s1. The maximum atomic E-state index is 2.59. The van der Waals surface area contributed by atoms with Crippen LogP contribution in [-0.2, 0) is 13.5 Å². The van der Waals surface area contributed by atoms with Crippen molar-refractivity contribution in [1.82, 2.24) is 9.47 Å². The molecule has 0 N–H and O–H groups in total. The van der Waals surface area contributed by atoms with E-state index in [2.05, 4.69) is 54.9 Å². The largest absolute Gasteiger partial charge is 0.350 e. The molecule has 0 saturated carbocycles. The van der Waals surface area contributed by atoms with Gasteiger partial charge < -0.3 is 9.47 Å². The third kappa shape index (κ3) is 1.53. The van der Waals surface area contributed by atoms with E-state index in [9.17, 15) is 0 Å². The van der Waals surface area contributed by atoms with Crippen LogP contribution in [-0.4, -0.2) is 29.1 Å². The molecule has 0 unspecified atom stereocenters. The van der Waals surface area contributed by atoms with Crippen molar-refractivity contribution >= 4 is 10.9 Å². The topological polar surface area (TPSA) is 8.17 Å². The Bertz CT molecular complexity index is 640. The lowest BCUT2D eigenvalue weighted by molar-refractivity contribution is 0.119. The highest BCUT2D eigenvalue weighted by atomic mass is 15.1. The highest BCUT2D eigenvalue weighted by Crippen LogP contribution is 2.44. The summed E-state index contributed by atoms with van der Waals surface area (Å²) in [5.74, 6) is 1.54. The molecule has 2 heteroatoms. The molecule has 0 amide bonds. The lowest BCUT2D eigenvalue weighted by atomic mass is 9.73. The molecule has 2 aliphatic rings. The minimum atomic E-state index is 0.705. The van der Waals surface area contributed by atoms with E-state index in [4.69, 9.17) is 0 Å². The molecule has 2 heterocycles.